The van der Waals surface area contributed by atoms with E-state index in [1.54, 1.807) is 0 Å². The Bertz CT molecular complexity index is 3310. The monoisotopic (exact) mass is 736 g/mol. The molecule has 11 rings (SSSR count). The van der Waals surface area contributed by atoms with Crippen LogP contribution in [0.3, 0.4) is 0 Å². The molecule has 0 aliphatic heterocycles. The quantitative estimate of drug-likeness (QED) is 0.125. The van der Waals surface area contributed by atoms with Crippen LogP contribution >= 0.6 is 0 Å². The molecule has 0 aliphatic carbocycles. The molecule has 0 radical (unpaired) electrons. The molecule has 0 N–H and O–H groups in total. The van der Waals surface area contributed by atoms with Gasteiger partial charge in [-0.3, -0.25) is 0 Å². The van der Waals surface area contributed by atoms with Crippen molar-refractivity contribution in [1.82, 2.24) is 9.97 Å². The van der Waals surface area contributed by atoms with E-state index in [4.69, 9.17) is 9.97 Å². The predicted octanol–water partition coefficient (Wildman–Crippen LogP) is 15.1. The largest absolute Gasteiger partial charge is 0.228 e. The van der Waals surface area contributed by atoms with Crippen LogP contribution in [-0.2, 0) is 0 Å². The average Bonchev–Trinajstić information content (AvgIpc) is 3.31. The fraction of sp³-hybridized carbons (Fsp3) is 0. The van der Waals surface area contributed by atoms with Crippen molar-refractivity contribution in [1.29, 1.82) is 0 Å². The van der Waals surface area contributed by atoms with Crippen molar-refractivity contribution in [3.8, 4) is 67.3 Å². The zero-order valence-electron chi connectivity index (χ0n) is 31.7. The van der Waals surface area contributed by atoms with Crippen LogP contribution in [0.15, 0.2) is 218 Å². The third kappa shape index (κ3) is 5.91. The summed E-state index contributed by atoms with van der Waals surface area (Å²) < 4.78 is 0. The number of benzene rings is 10. The Morgan fingerprint density at radius 3 is 1.53 bits per heavy atom. The molecule has 0 fully saturated rings. The molecule has 2 heteroatoms. The minimum Gasteiger partial charge on any atom is -0.228 e. The standard InChI is InChI=1S/C56H36N2/c1-2-15-43(16-3-1)56-57-53(36-54(58-56)50-23-11-10-22-49(50)48-24-12-18-39-13-4-7-19-45(39)48)41-29-25-37(26-30-41)38-27-31-42(32-28-38)55-47-21-9-6-17-44(47)35-52-46-20-8-5-14-40(46)33-34-51(52)55/h1-36H. The van der Waals surface area contributed by atoms with E-state index in [0.29, 0.717) is 5.82 Å². The van der Waals surface area contributed by atoms with Gasteiger partial charge in [-0.1, -0.05) is 206 Å². The molecule has 0 amide bonds. The van der Waals surface area contributed by atoms with Crippen molar-refractivity contribution in [2.24, 2.45) is 0 Å². The first kappa shape index (κ1) is 33.6. The molecule has 1 aromatic heterocycles. The Labute approximate surface area is 337 Å². The van der Waals surface area contributed by atoms with E-state index in [9.17, 15) is 0 Å². The third-order valence-electron chi connectivity index (χ3n) is 11.5. The summed E-state index contributed by atoms with van der Waals surface area (Å²) in [5, 5.41) is 10.0. The smallest absolute Gasteiger partial charge is 0.160 e. The Morgan fingerprint density at radius 1 is 0.241 bits per heavy atom. The van der Waals surface area contributed by atoms with Gasteiger partial charge in [0.2, 0.25) is 0 Å². The molecule has 0 saturated heterocycles. The number of hydrogen-bond acceptors (Lipinski definition) is 2. The van der Waals surface area contributed by atoms with Crippen LogP contribution < -0.4 is 0 Å². The number of hydrogen-bond donors (Lipinski definition) is 0. The summed E-state index contributed by atoms with van der Waals surface area (Å²) in [4.78, 5) is 10.4. The number of nitrogens with zero attached hydrogens (tertiary/aromatic N) is 2. The number of rotatable bonds is 6. The maximum Gasteiger partial charge on any atom is 0.160 e. The van der Waals surface area contributed by atoms with Crippen LogP contribution in [0.25, 0.3) is 110 Å². The van der Waals surface area contributed by atoms with Crippen molar-refractivity contribution < 1.29 is 0 Å². The van der Waals surface area contributed by atoms with Gasteiger partial charge in [-0.05, 0) is 88.6 Å². The van der Waals surface area contributed by atoms with Gasteiger partial charge in [-0.25, -0.2) is 9.97 Å². The number of aromatic nitrogens is 2. The molecule has 0 spiro atoms. The second-order valence-corrected chi connectivity index (χ2v) is 14.9. The second-order valence-electron chi connectivity index (χ2n) is 14.9. The zero-order valence-corrected chi connectivity index (χ0v) is 31.7. The molecule has 2 nitrogen and oxygen atoms in total. The topological polar surface area (TPSA) is 25.8 Å². The van der Waals surface area contributed by atoms with Gasteiger partial charge in [0.25, 0.3) is 0 Å². The van der Waals surface area contributed by atoms with Crippen LogP contribution in [0.2, 0.25) is 0 Å². The Morgan fingerprint density at radius 2 is 0.776 bits per heavy atom. The minimum atomic E-state index is 0.703. The highest BCUT2D eigenvalue weighted by Gasteiger charge is 2.16. The highest BCUT2D eigenvalue weighted by molar-refractivity contribution is 6.20. The first-order valence-corrected chi connectivity index (χ1v) is 19.8. The SMILES string of the molecule is c1ccc(-c2nc(-c3ccc(-c4ccc(-c5c6ccccc6cc6c5ccc5ccccc56)cc4)cc3)cc(-c3ccccc3-c3cccc4ccccc34)n2)cc1. The summed E-state index contributed by atoms with van der Waals surface area (Å²) in [6.45, 7) is 0. The third-order valence-corrected chi connectivity index (χ3v) is 11.5. The zero-order chi connectivity index (χ0) is 38.4. The van der Waals surface area contributed by atoms with E-state index in [1.807, 2.05) is 18.2 Å². The maximum absolute atomic E-state index is 5.21. The van der Waals surface area contributed by atoms with Crippen molar-refractivity contribution in [3.05, 3.63) is 218 Å². The normalized spacial score (nSPS) is 11.4. The van der Waals surface area contributed by atoms with E-state index in [-0.39, 0.29) is 0 Å². The van der Waals surface area contributed by atoms with Crippen LogP contribution in [0.4, 0.5) is 0 Å². The van der Waals surface area contributed by atoms with E-state index in [0.717, 1.165) is 39.2 Å². The summed E-state index contributed by atoms with van der Waals surface area (Å²) in [6.07, 6.45) is 0. The molecule has 10 aromatic carbocycles. The number of fused-ring (bicyclic) bond motifs is 5. The van der Waals surface area contributed by atoms with Gasteiger partial charge < -0.3 is 0 Å². The van der Waals surface area contributed by atoms with Crippen molar-refractivity contribution in [3.63, 3.8) is 0 Å². The summed E-state index contributed by atoms with van der Waals surface area (Å²) in [6, 6.07) is 78.2. The summed E-state index contributed by atoms with van der Waals surface area (Å²) >= 11 is 0. The van der Waals surface area contributed by atoms with Crippen molar-refractivity contribution in [2.75, 3.05) is 0 Å². The van der Waals surface area contributed by atoms with E-state index in [2.05, 4.69) is 200 Å². The van der Waals surface area contributed by atoms with Crippen LogP contribution in [-0.4, -0.2) is 9.97 Å². The van der Waals surface area contributed by atoms with Gasteiger partial charge in [0.1, 0.15) is 0 Å². The Hall–Kier alpha value is -7.68. The lowest BCUT2D eigenvalue weighted by atomic mass is 9.89. The molecule has 0 atom stereocenters. The molecular formula is C56H36N2. The van der Waals surface area contributed by atoms with Gasteiger partial charge in [-0.2, -0.15) is 0 Å². The van der Waals surface area contributed by atoms with Gasteiger partial charge in [-0.15, -0.1) is 0 Å². The van der Waals surface area contributed by atoms with E-state index < -0.39 is 0 Å². The molecule has 270 valence electrons. The fourth-order valence-corrected chi connectivity index (χ4v) is 8.65. The van der Waals surface area contributed by atoms with Gasteiger partial charge >= 0.3 is 0 Å². The summed E-state index contributed by atoms with van der Waals surface area (Å²) in [7, 11) is 0. The van der Waals surface area contributed by atoms with Crippen LogP contribution in [0.5, 0.6) is 0 Å². The maximum atomic E-state index is 5.21. The van der Waals surface area contributed by atoms with Gasteiger partial charge in [0, 0.05) is 16.7 Å². The van der Waals surface area contributed by atoms with Crippen molar-refractivity contribution >= 4 is 43.1 Å². The molecule has 0 saturated carbocycles. The average molecular weight is 737 g/mol. The second kappa shape index (κ2) is 14.1. The lowest BCUT2D eigenvalue weighted by Crippen LogP contribution is -1.97. The van der Waals surface area contributed by atoms with E-state index >= 15 is 0 Å². The Kier molecular flexibility index (Phi) is 8.19. The van der Waals surface area contributed by atoms with Gasteiger partial charge in [0.15, 0.2) is 5.82 Å². The van der Waals surface area contributed by atoms with Gasteiger partial charge in [0.05, 0.1) is 11.4 Å². The first-order valence-electron chi connectivity index (χ1n) is 19.8. The molecule has 58 heavy (non-hydrogen) atoms. The lowest BCUT2D eigenvalue weighted by Gasteiger charge is -2.15. The highest BCUT2D eigenvalue weighted by atomic mass is 14.9. The summed E-state index contributed by atoms with van der Waals surface area (Å²) in [5.41, 5.74) is 12.0. The molecule has 11 aromatic rings. The minimum absolute atomic E-state index is 0.703. The molecule has 1 heterocycles. The molecular weight excluding hydrogens is 701 g/mol. The molecule has 0 aliphatic rings. The molecule has 0 unspecified atom stereocenters. The lowest BCUT2D eigenvalue weighted by molar-refractivity contribution is 1.18. The van der Waals surface area contributed by atoms with Crippen LogP contribution in [0.1, 0.15) is 0 Å². The van der Waals surface area contributed by atoms with Crippen molar-refractivity contribution in [2.45, 2.75) is 0 Å². The predicted molar refractivity (Wildman–Crippen MR) is 245 cm³/mol. The van der Waals surface area contributed by atoms with E-state index in [1.165, 1.54) is 65.3 Å². The van der Waals surface area contributed by atoms with Crippen LogP contribution in [0, 0.1) is 0 Å². The summed E-state index contributed by atoms with van der Waals surface area (Å²) in [5.74, 6) is 0.703. The Balaban J connectivity index is 0.980. The molecule has 0 bridgehead atoms. The fourth-order valence-electron chi connectivity index (χ4n) is 8.65. The highest BCUT2D eigenvalue weighted by Crippen LogP contribution is 2.41. The first-order chi connectivity index (χ1) is 28.7.